The van der Waals surface area contributed by atoms with Gasteiger partial charge in [-0.15, -0.1) is 0 Å². The third-order valence-corrected chi connectivity index (χ3v) is 8.29. The Bertz CT molecular complexity index is 1210. The molecule has 1 spiro atoms. The minimum absolute atomic E-state index is 0.00568. The fourth-order valence-electron chi connectivity index (χ4n) is 4.32. The normalized spacial score (nSPS) is 21.1. The van der Waals surface area contributed by atoms with E-state index in [0.29, 0.717) is 42.7 Å². The highest BCUT2D eigenvalue weighted by Crippen LogP contribution is 2.64. The Morgan fingerprint density at radius 1 is 1.13 bits per heavy atom. The van der Waals surface area contributed by atoms with Crippen LogP contribution in [-0.2, 0) is 10.0 Å². The van der Waals surface area contributed by atoms with E-state index < -0.39 is 15.8 Å². The highest BCUT2D eigenvalue weighted by molar-refractivity contribution is 7.89. The first-order valence-corrected chi connectivity index (χ1v) is 11.5. The molecule has 1 aromatic heterocycles. The monoisotopic (exact) mass is 447 g/mol. The van der Waals surface area contributed by atoms with Gasteiger partial charge in [0.1, 0.15) is 5.82 Å². The van der Waals surface area contributed by atoms with Crippen molar-refractivity contribution in [2.24, 2.45) is 5.41 Å². The average Bonchev–Trinajstić information content (AvgIpc) is 3.20. The SMILES string of the molecule is O=S(=O)(c1cccc(F)c1)N1CCC2(CC1)C[C@H]2c1nc(-c2cccc(Cl)c2)no1. The van der Waals surface area contributed by atoms with E-state index in [1.165, 1.54) is 22.5 Å². The lowest BCUT2D eigenvalue weighted by Gasteiger charge is -2.31. The van der Waals surface area contributed by atoms with Gasteiger partial charge in [0.15, 0.2) is 0 Å². The zero-order valence-electron chi connectivity index (χ0n) is 16.0. The van der Waals surface area contributed by atoms with Gasteiger partial charge in [-0.3, -0.25) is 0 Å². The van der Waals surface area contributed by atoms with Crippen molar-refractivity contribution in [2.75, 3.05) is 13.1 Å². The van der Waals surface area contributed by atoms with Crippen LogP contribution in [0.1, 0.15) is 31.1 Å². The van der Waals surface area contributed by atoms with Gasteiger partial charge in [0.2, 0.25) is 21.7 Å². The summed E-state index contributed by atoms with van der Waals surface area (Å²) in [7, 11) is -3.70. The predicted octanol–water partition coefficient (Wildman–Crippen LogP) is 4.49. The molecule has 2 heterocycles. The van der Waals surface area contributed by atoms with Gasteiger partial charge in [-0.1, -0.05) is 35.0 Å². The third-order valence-electron chi connectivity index (χ3n) is 6.16. The van der Waals surface area contributed by atoms with Crippen LogP contribution in [-0.4, -0.2) is 36.0 Å². The van der Waals surface area contributed by atoms with Crippen LogP contribution in [0, 0.1) is 11.2 Å². The lowest BCUT2D eigenvalue weighted by Crippen LogP contribution is -2.39. The molecule has 156 valence electrons. The molecule has 6 nitrogen and oxygen atoms in total. The molecule has 1 aliphatic carbocycles. The van der Waals surface area contributed by atoms with Crippen molar-refractivity contribution in [3.8, 4) is 11.4 Å². The van der Waals surface area contributed by atoms with Gasteiger partial charge >= 0.3 is 0 Å². The topological polar surface area (TPSA) is 76.3 Å². The quantitative estimate of drug-likeness (QED) is 0.589. The zero-order valence-corrected chi connectivity index (χ0v) is 17.5. The second-order valence-corrected chi connectivity index (χ2v) is 10.3. The second kappa shape index (κ2) is 7.14. The van der Waals surface area contributed by atoms with Crippen LogP contribution < -0.4 is 0 Å². The number of aromatic nitrogens is 2. The molecule has 1 saturated carbocycles. The van der Waals surface area contributed by atoms with E-state index in [0.717, 1.165) is 18.1 Å². The first kappa shape index (κ1) is 19.7. The maximum atomic E-state index is 13.5. The van der Waals surface area contributed by atoms with Crippen LogP contribution >= 0.6 is 11.6 Å². The fraction of sp³-hybridized carbons (Fsp3) is 0.333. The molecule has 2 aliphatic rings. The van der Waals surface area contributed by atoms with Crippen LogP contribution in [0.2, 0.25) is 5.02 Å². The number of hydrogen-bond donors (Lipinski definition) is 0. The first-order valence-electron chi connectivity index (χ1n) is 9.73. The van der Waals surface area contributed by atoms with Gasteiger partial charge in [0.25, 0.3) is 0 Å². The summed E-state index contributed by atoms with van der Waals surface area (Å²) in [4.78, 5) is 4.54. The van der Waals surface area contributed by atoms with E-state index in [1.54, 1.807) is 12.1 Å². The molecule has 1 saturated heterocycles. The van der Waals surface area contributed by atoms with Crippen LogP contribution in [0.4, 0.5) is 4.39 Å². The Hall–Kier alpha value is -2.29. The van der Waals surface area contributed by atoms with Crippen LogP contribution in [0.5, 0.6) is 0 Å². The van der Waals surface area contributed by atoms with E-state index in [2.05, 4.69) is 10.1 Å². The van der Waals surface area contributed by atoms with Gasteiger partial charge in [-0.2, -0.15) is 9.29 Å². The standard InChI is InChI=1S/C21H19ClFN3O3S/c22-15-4-1-3-14(11-15)19-24-20(29-25-19)18-13-21(18)7-9-26(10-8-21)30(27,28)17-6-2-5-16(23)12-17/h1-6,11-12,18H,7-10,13H2/t18-/m0/s1. The highest BCUT2D eigenvalue weighted by Gasteiger charge is 2.59. The number of sulfonamides is 1. The van der Waals surface area contributed by atoms with Gasteiger partial charge in [-0.05, 0) is 55.0 Å². The van der Waals surface area contributed by atoms with Crippen molar-refractivity contribution < 1.29 is 17.3 Å². The lowest BCUT2D eigenvalue weighted by atomic mass is 9.92. The molecular formula is C21H19ClFN3O3S. The van der Waals surface area contributed by atoms with Crippen molar-refractivity contribution in [3.05, 3.63) is 65.3 Å². The molecular weight excluding hydrogens is 429 g/mol. The summed E-state index contributed by atoms with van der Waals surface area (Å²) < 4.78 is 46.1. The number of benzene rings is 2. The molecule has 1 atom stereocenters. The van der Waals surface area contributed by atoms with Gasteiger partial charge in [-0.25, -0.2) is 12.8 Å². The van der Waals surface area contributed by atoms with Gasteiger partial charge in [0.05, 0.1) is 4.90 Å². The van der Waals surface area contributed by atoms with Crippen LogP contribution in [0.25, 0.3) is 11.4 Å². The van der Waals surface area contributed by atoms with E-state index in [9.17, 15) is 12.8 Å². The lowest BCUT2D eigenvalue weighted by molar-refractivity contribution is 0.242. The molecule has 0 radical (unpaired) electrons. The summed E-state index contributed by atoms with van der Waals surface area (Å²) >= 11 is 6.04. The molecule has 0 bridgehead atoms. The summed E-state index contributed by atoms with van der Waals surface area (Å²) in [6.07, 6.45) is 2.32. The summed E-state index contributed by atoms with van der Waals surface area (Å²) in [6, 6.07) is 12.4. The predicted molar refractivity (Wildman–Crippen MR) is 109 cm³/mol. The number of hydrogen-bond acceptors (Lipinski definition) is 5. The Balaban J connectivity index is 1.28. The molecule has 9 heteroatoms. The maximum Gasteiger partial charge on any atom is 0.243 e. The summed E-state index contributed by atoms with van der Waals surface area (Å²) in [6.45, 7) is 0.787. The van der Waals surface area contributed by atoms with Crippen molar-refractivity contribution in [3.63, 3.8) is 0 Å². The molecule has 5 rings (SSSR count). The second-order valence-electron chi connectivity index (χ2n) is 7.95. The molecule has 0 N–H and O–H groups in total. The molecule has 30 heavy (non-hydrogen) atoms. The summed E-state index contributed by atoms with van der Waals surface area (Å²) in [5, 5.41) is 4.69. The molecule has 0 amide bonds. The van der Waals surface area contributed by atoms with E-state index in [4.69, 9.17) is 16.1 Å². The first-order chi connectivity index (χ1) is 14.4. The highest BCUT2D eigenvalue weighted by atomic mass is 35.5. The maximum absolute atomic E-state index is 13.5. The Morgan fingerprint density at radius 2 is 1.90 bits per heavy atom. The number of rotatable bonds is 4. The van der Waals surface area contributed by atoms with Crippen molar-refractivity contribution in [1.29, 1.82) is 0 Å². The van der Waals surface area contributed by atoms with Crippen molar-refractivity contribution in [2.45, 2.75) is 30.1 Å². The smallest absolute Gasteiger partial charge is 0.243 e. The summed E-state index contributed by atoms with van der Waals surface area (Å²) in [5.41, 5.74) is 0.787. The van der Waals surface area contributed by atoms with Crippen LogP contribution in [0.3, 0.4) is 0 Å². The largest absolute Gasteiger partial charge is 0.339 e. The van der Waals surface area contributed by atoms with Crippen LogP contribution in [0.15, 0.2) is 57.9 Å². The third kappa shape index (κ3) is 3.42. The Morgan fingerprint density at radius 3 is 2.63 bits per heavy atom. The molecule has 1 aliphatic heterocycles. The minimum Gasteiger partial charge on any atom is -0.339 e. The number of halogens is 2. The zero-order chi connectivity index (χ0) is 20.9. The Kier molecular flexibility index (Phi) is 4.68. The Labute approximate surface area is 178 Å². The van der Waals surface area contributed by atoms with E-state index in [1.807, 2.05) is 12.1 Å². The van der Waals surface area contributed by atoms with Gasteiger partial charge < -0.3 is 4.52 Å². The molecule has 3 aromatic rings. The van der Waals surface area contributed by atoms with Crippen molar-refractivity contribution >= 4 is 21.6 Å². The molecule has 2 aromatic carbocycles. The van der Waals surface area contributed by atoms with E-state index in [-0.39, 0.29) is 16.2 Å². The number of nitrogens with zero attached hydrogens (tertiary/aromatic N) is 3. The minimum atomic E-state index is -3.70. The average molecular weight is 448 g/mol. The summed E-state index contributed by atoms with van der Waals surface area (Å²) in [5.74, 6) is 0.669. The molecule has 0 unspecified atom stereocenters. The van der Waals surface area contributed by atoms with Crippen molar-refractivity contribution in [1.82, 2.24) is 14.4 Å². The fourth-order valence-corrected chi connectivity index (χ4v) is 5.98. The van der Waals surface area contributed by atoms with E-state index >= 15 is 0 Å². The number of piperidine rings is 1. The van der Waals surface area contributed by atoms with Gasteiger partial charge in [0, 0.05) is 29.6 Å². The molecule has 2 fully saturated rings.